The van der Waals surface area contributed by atoms with Crippen molar-refractivity contribution in [3.63, 3.8) is 0 Å². The number of aromatic nitrogens is 1. The van der Waals surface area contributed by atoms with Crippen LogP contribution >= 0.6 is 0 Å². The quantitative estimate of drug-likeness (QED) is 0.280. The average molecular weight is 505 g/mol. The minimum Gasteiger partial charge on any atom is -0.508 e. The third kappa shape index (κ3) is 5.30. The fraction of sp³-hybridized carbons (Fsp3) is 0.333. The Bertz CT molecular complexity index is 2700. The van der Waals surface area contributed by atoms with Gasteiger partial charge in [-0.05, 0) is 104 Å². The van der Waals surface area contributed by atoms with Crippen LogP contribution in [0.25, 0.3) is 22.2 Å². The molecule has 0 saturated carbocycles. The second-order valence-corrected chi connectivity index (χ2v) is 6.38. The molecule has 2 N–H and O–H groups in total. The standard InChI is InChI=1S/C30H34N2O3/c1-22-28-20-26(34)12-15-29(28)32(30(22)24-8-10-25(33)11-9-24)21-23-6-13-27(14-7-23)35-19-18-31-16-4-2-3-5-17-31/h6-15,20,33-34H,2-5,16-19,21H2,1H3/i1D3,2D2,3D2,4D2,5D2,6D,7D,8D,9D,10D,11D,12D,13D,14D,15D,16D2,17D2,18D2,19D2,20D,21D2/hD2. The first kappa shape index (κ1) is 6.09. The van der Waals surface area contributed by atoms with Crippen LogP contribution in [0.4, 0.5) is 0 Å². The Hall–Kier alpha value is -3.44. The molecule has 5 heteroatoms. The molecule has 0 atom stereocenters. The van der Waals surface area contributed by atoms with Gasteiger partial charge in [0.05, 0.1) is 26.3 Å². The number of benzene rings is 3. The molecule has 1 aliphatic heterocycles. The smallest absolute Gasteiger partial charge is 0.293 e. The largest absolute Gasteiger partial charge is 0.508 e. The first-order valence-electron chi connectivity index (χ1n) is 26.2. The summed E-state index contributed by atoms with van der Waals surface area (Å²) in [5.74, 6) is -3.89. The summed E-state index contributed by atoms with van der Waals surface area (Å²) in [5, 5.41) is 7.48. The zero-order valence-corrected chi connectivity index (χ0v) is 17.1. The molecule has 5 nitrogen and oxygen atoms in total. The SMILES string of the molecule is [2H]Oc1c([2H])c([2H])c(-c2c(C([2H])([2H])[2H])c3c([2H])c(O[2H])c([2H])c([2H])c3n2C([2H])([2H])c2c([2H])c([2H])c(OC([2H])([2H])C([2H])([2H])N3C([2H])([2H])C([2H])([2H])C([2H])([2H])C([2H])([2H])C([2H])([2H])C3([2H])[2H])c([2H])c2[2H])c([2H])c1[2H]. The van der Waals surface area contributed by atoms with E-state index >= 15 is 0 Å². The molecule has 0 unspecified atom stereocenters. The van der Waals surface area contributed by atoms with Gasteiger partial charge in [0.25, 0.3) is 2.86 Å². The maximum absolute atomic E-state index is 9.46. The molecule has 182 valence electrons. The van der Waals surface area contributed by atoms with Crippen LogP contribution in [0, 0.1) is 6.85 Å². The molecule has 4 aromatic rings. The third-order valence-corrected chi connectivity index (χ3v) is 4.20. The lowest BCUT2D eigenvalue weighted by molar-refractivity contribution is 0.214. The molecular weight excluding hydrogens is 436 g/mol. The molecule has 1 saturated heterocycles. The van der Waals surface area contributed by atoms with E-state index in [4.69, 9.17) is 48.7 Å². The van der Waals surface area contributed by atoms with E-state index < -0.39 is 187 Å². The summed E-state index contributed by atoms with van der Waals surface area (Å²) < 4.78 is 294. The van der Waals surface area contributed by atoms with E-state index in [2.05, 4.69) is 10.2 Å². The van der Waals surface area contributed by atoms with Gasteiger partial charge >= 0.3 is 0 Å². The Morgan fingerprint density at radius 2 is 1.71 bits per heavy atom. The average Bonchev–Trinajstić information content (AvgIpc) is 3.57. The molecule has 35 heavy (non-hydrogen) atoms. The molecule has 1 fully saturated rings. The predicted octanol–water partition coefficient (Wildman–Crippen LogP) is 6.33. The number of aryl methyl sites for hydroxylation is 1. The van der Waals surface area contributed by atoms with Crippen molar-refractivity contribution < 1.29 is 58.8 Å². The number of phenols is 2. The number of nitrogens with zero attached hydrogens (tertiary/aromatic N) is 2. The summed E-state index contributed by atoms with van der Waals surface area (Å²) in [7, 11) is 0. The van der Waals surface area contributed by atoms with Crippen LogP contribution in [0.1, 0.15) is 80.5 Å². The van der Waals surface area contributed by atoms with Gasteiger partial charge in [-0.2, -0.15) is 0 Å². The van der Waals surface area contributed by atoms with Crippen molar-refractivity contribution in [3.05, 3.63) is 77.6 Å². The normalized spacial score (nSPS) is 38.9. The molecule has 0 aliphatic carbocycles. The van der Waals surface area contributed by atoms with E-state index in [1.807, 2.05) is 0 Å². The van der Waals surface area contributed by atoms with Gasteiger partial charge in [-0.3, -0.25) is 4.90 Å². The van der Waals surface area contributed by atoms with E-state index in [0.717, 1.165) is 0 Å². The second kappa shape index (κ2) is 10.4. The van der Waals surface area contributed by atoms with Crippen molar-refractivity contribution >= 4 is 10.9 Å². The lowest BCUT2D eigenvalue weighted by Crippen LogP contribution is -2.29. The number of phenolic OH excluding ortho intramolecular Hbond substituents is 2. The fourth-order valence-electron chi connectivity index (χ4n) is 2.79. The molecular formula is C30H34N2O3. The number of fused-ring (bicyclic) bond motifs is 1. The highest BCUT2D eigenvalue weighted by Gasteiger charge is 2.17. The zero-order valence-electron chi connectivity index (χ0n) is 51.1. The summed E-state index contributed by atoms with van der Waals surface area (Å²) in [6, 6.07) is -15.4. The van der Waals surface area contributed by atoms with E-state index in [-0.39, 0.29) is 4.57 Å². The van der Waals surface area contributed by atoms with E-state index in [9.17, 15) is 2.74 Å². The highest BCUT2D eigenvalue weighted by molar-refractivity contribution is 5.92. The van der Waals surface area contributed by atoms with Crippen molar-refractivity contribution in [2.75, 3.05) is 26.0 Å². The Labute approximate surface area is 255 Å². The minimum atomic E-state index is -4.72. The molecule has 3 aromatic carbocycles. The highest BCUT2D eigenvalue weighted by Crippen LogP contribution is 2.36. The van der Waals surface area contributed by atoms with Gasteiger partial charge in [0.1, 0.15) is 23.8 Å². The van der Waals surface area contributed by atoms with Crippen LogP contribution in [0.15, 0.2) is 66.5 Å². The number of likely N-dealkylation sites (tertiary alicyclic amines) is 1. The predicted molar refractivity (Wildman–Crippen MR) is 141 cm³/mol. The summed E-state index contributed by atoms with van der Waals surface area (Å²) in [6.45, 7) is -26.1. The molecule has 1 aliphatic rings. The van der Waals surface area contributed by atoms with Gasteiger partial charge in [-0.1, -0.05) is 24.8 Å². The van der Waals surface area contributed by atoms with Crippen molar-refractivity contribution in [1.29, 1.82) is 2.86 Å². The third-order valence-electron chi connectivity index (χ3n) is 4.20. The van der Waals surface area contributed by atoms with Gasteiger partial charge < -0.3 is 19.5 Å². The van der Waals surface area contributed by atoms with E-state index in [1.165, 1.54) is 0 Å². The molecule has 5 rings (SSSR count). The highest BCUT2D eigenvalue weighted by atomic mass is 16.5. The Kier molecular flexibility index (Phi) is 1.82. The van der Waals surface area contributed by atoms with Gasteiger partial charge in [0.2, 0.25) is 0 Å². The first-order valence-corrected chi connectivity index (χ1v) is 9.41. The molecule has 0 radical (unpaired) electrons. The first-order chi connectivity index (χ1) is 30.7. The Balaban J connectivity index is 1.91. The maximum Gasteiger partial charge on any atom is 0.293 e. The number of hydrogen-bond acceptors (Lipinski definition) is 4. The molecule has 2 heterocycles. The maximum atomic E-state index is 9.46. The van der Waals surface area contributed by atoms with E-state index in [0.29, 0.717) is 0 Å². The second-order valence-electron chi connectivity index (χ2n) is 6.38. The number of aromatic hydroxyl groups is 2. The van der Waals surface area contributed by atoms with Crippen molar-refractivity contribution in [2.24, 2.45) is 0 Å². The molecule has 0 bridgehead atoms. The summed E-state index contributed by atoms with van der Waals surface area (Å²) in [6.07, 6.45) is -17.7. The molecule has 1 aromatic heterocycles. The number of ether oxygens (including phenoxy) is 1. The number of rotatable bonds is 9. The monoisotopic (exact) mass is 504 g/mol. The Morgan fingerprint density at radius 1 is 0.971 bits per heavy atom. The van der Waals surface area contributed by atoms with Crippen LogP contribution in [0.3, 0.4) is 0 Å². The zero-order chi connectivity index (χ0) is 53.8. The summed E-state index contributed by atoms with van der Waals surface area (Å²) in [5.41, 5.74) is -6.49. The minimum absolute atomic E-state index is 0.0210. The van der Waals surface area contributed by atoms with Crippen molar-refractivity contribution in [2.45, 2.75) is 38.8 Å². The fourth-order valence-corrected chi connectivity index (χ4v) is 2.79. The van der Waals surface area contributed by atoms with Crippen LogP contribution in [-0.2, 0) is 6.50 Å². The van der Waals surface area contributed by atoms with Crippen LogP contribution in [0.5, 0.6) is 17.2 Å². The summed E-state index contributed by atoms with van der Waals surface area (Å²) in [4.78, 5) is -1.16. The molecule has 0 spiro atoms. The van der Waals surface area contributed by atoms with Gasteiger partial charge in [0.15, 0.2) is 0 Å². The molecule has 0 amide bonds. The Morgan fingerprint density at radius 3 is 2.43 bits per heavy atom. The van der Waals surface area contributed by atoms with Crippen LogP contribution in [-0.4, -0.2) is 48.6 Å². The van der Waals surface area contributed by atoms with Gasteiger partial charge in [-0.15, -0.1) is 0 Å². The van der Waals surface area contributed by atoms with Gasteiger partial charge in [-0.25, -0.2) is 0 Å². The lowest BCUT2D eigenvalue weighted by atomic mass is 10.1. The van der Waals surface area contributed by atoms with Crippen LogP contribution in [0.2, 0.25) is 0 Å². The lowest BCUT2D eigenvalue weighted by Gasteiger charge is -2.19. The van der Waals surface area contributed by atoms with Gasteiger partial charge in [0, 0.05) is 47.2 Å². The van der Waals surface area contributed by atoms with Crippen molar-refractivity contribution in [1.82, 2.24) is 9.47 Å². The summed E-state index contributed by atoms with van der Waals surface area (Å²) >= 11 is 0. The number of hydrogen-bond donors (Lipinski definition) is 2. The van der Waals surface area contributed by atoms with Crippen molar-refractivity contribution in [3.8, 4) is 28.5 Å². The van der Waals surface area contributed by atoms with Crippen LogP contribution < -0.4 is 4.74 Å². The topological polar surface area (TPSA) is 57.9 Å². The van der Waals surface area contributed by atoms with E-state index in [1.54, 1.807) is 0 Å².